The third kappa shape index (κ3) is 6.09. The molecule has 170 valence electrons. The number of nitrogens with one attached hydrogen (secondary N) is 2. The van der Waals surface area contributed by atoms with E-state index in [1.54, 1.807) is 0 Å². The SMILES string of the molecule is CCCC[C@H](CC(=O)NCCC(=O)O)NC(=O)OCC1c2ccccc2-c2ccccc21. The molecule has 2 amide bonds. The lowest BCUT2D eigenvalue weighted by molar-refractivity contribution is -0.136. The van der Waals surface area contributed by atoms with Gasteiger partial charge in [-0.15, -0.1) is 0 Å². The van der Waals surface area contributed by atoms with E-state index in [-0.39, 0.29) is 43.9 Å². The topological polar surface area (TPSA) is 105 Å². The van der Waals surface area contributed by atoms with Crippen molar-refractivity contribution in [1.82, 2.24) is 10.6 Å². The van der Waals surface area contributed by atoms with Crippen molar-refractivity contribution in [2.75, 3.05) is 13.2 Å². The van der Waals surface area contributed by atoms with E-state index in [1.165, 1.54) is 0 Å². The number of carbonyl (C=O) groups is 3. The number of ether oxygens (including phenoxy) is 1. The summed E-state index contributed by atoms with van der Waals surface area (Å²) in [7, 11) is 0. The maximum absolute atomic E-state index is 12.5. The van der Waals surface area contributed by atoms with Crippen LogP contribution in [0.15, 0.2) is 48.5 Å². The zero-order valence-corrected chi connectivity index (χ0v) is 18.3. The van der Waals surface area contributed by atoms with Gasteiger partial charge in [-0.05, 0) is 28.7 Å². The summed E-state index contributed by atoms with van der Waals surface area (Å²) in [6.07, 6.45) is 1.84. The van der Waals surface area contributed by atoms with Crippen LogP contribution in [0.4, 0.5) is 4.79 Å². The van der Waals surface area contributed by atoms with E-state index in [1.807, 2.05) is 31.2 Å². The van der Waals surface area contributed by atoms with Crippen molar-refractivity contribution in [3.05, 3.63) is 59.7 Å². The highest BCUT2D eigenvalue weighted by Gasteiger charge is 2.29. The summed E-state index contributed by atoms with van der Waals surface area (Å²) in [6, 6.07) is 15.9. The molecule has 1 aliphatic rings. The normalized spacial score (nSPS) is 13.0. The molecule has 7 heteroatoms. The van der Waals surface area contributed by atoms with E-state index >= 15 is 0 Å². The van der Waals surface area contributed by atoms with Gasteiger partial charge in [0, 0.05) is 24.9 Å². The first kappa shape index (κ1) is 23.3. The Kier molecular flexibility index (Phi) is 8.25. The van der Waals surface area contributed by atoms with Crippen LogP contribution in [0.3, 0.4) is 0 Å². The van der Waals surface area contributed by atoms with Crippen LogP contribution in [0, 0.1) is 0 Å². The Morgan fingerprint density at radius 3 is 2.25 bits per heavy atom. The van der Waals surface area contributed by atoms with Crippen LogP contribution in [0.2, 0.25) is 0 Å². The molecule has 0 saturated carbocycles. The van der Waals surface area contributed by atoms with Crippen molar-refractivity contribution in [3.63, 3.8) is 0 Å². The molecule has 0 radical (unpaired) electrons. The number of amides is 2. The Morgan fingerprint density at radius 1 is 1.03 bits per heavy atom. The average Bonchev–Trinajstić information content (AvgIpc) is 3.09. The van der Waals surface area contributed by atoms with Crippen LogP contribution in [-0.2, 0) is 14.3 Å². The number of carboxylic acid groups (broad SMARTS) is 1. The monoisotopic (exact) mass is 438 g/mol. The number of carboxylic acids is 1. The highest BCUT2D eigenvalue weighted by Crippen LogP contribution is 2.44. The Morgan fingerprint density at radius 2 is 1.66 bits per heavy atom. The van der Waals surface area contributed by atoms with Gasteiger partial charge in [0.25, 0.3) is 0 Å². The van der Waals surface area contributed by atoms with E-state index in [2.05, 4.69) is 34.9 Å². The van der Waals surface area contributed by atoms with Crippen LogP contribution in [0.5, 0.6) is 0 Å². The minimum atomic E-state index is -0.968. The molecule has 1 atom stereocenters. The van der Waals surface area contributed by atoms with Gasteiger partial charge in [-0.1, -0.05) is 68.3 Å². The number of rotatable bonds is 11. The largest absolute Gasteiger partial charge is 0.481 e. The van der Waals surface area contributed by atoms with Crippen molar-refractivity contribution in [3.8, 4) is 11.1 Å². The van der Waals surface area contributed by atoms with Gasteiger partial charge in [-0.25, -0.2) is 4.79 Å². The molecule has 0 saturated heterocycles. The maximum atomic E-state index is 12.5. The fraction of sp³-hybridized carbons (Fsp3) is 0.400. The third-order valence-electron chi connectivity index (χ3n) is 5.66. The predicted octanol–water partition coefficient (Wildman–Crippen LogP) is 4.06. The molecule has 3 rings (SSSR count). The molecule has 0 spiro atoms. The molecule has 0 heterocycles. The Bertz CT molecular complexity index is 913. The molecule has 0 fully saturated rings. The van der Waals surface area contributed by atoms with Crippen LogP contribution in [0.1, 0.15) is 56.1 Å². The molecule has 0 aliphatic heterocycles. The standard InChI is InChI=1S/C25H30N2O5/c1-2-3-8-17(15-23(28)26-14-13-24(29)30)27-25(31)32-16-22-20-11-6-4-9-18(20)19-10-5-7-12-21(19)22/h4-7,9-12,17,22H,2-3,8,13-16H2,1H3,(H,26,28)(H,27,31)(H,29,30)/t17-/m1/s1. The Balaban J connectivity index is 1.57. The number of hydrogen-bond acceptors (Lipinski definition) is 4. The van der Waals surface area contributed by atoms with Crippen molar-refractivity contribution in [2.45, 2.75) is 51.0 Å². The smallest absolute Gasteiger partial charge is 0.407 e. The highest BCUT2D eigenvalue weighted by molar-refractivity contribution is 5.80. The van der Waals surface area contributed by atoms with E-state index in [9.17, 15) is 14.4 Å². The molecule has 0 aromatic heterocycles. The number of unbranched alkanes of at least 4 members (excludes halogenated alkanes) is 1. The molecule has 1 aliphatic carbocycles. The number of carbonyl (C=O) groups excluding carboxylic acids is 2. The molecular formula is C25H30N2O5. The summed E-state index contributed by atoms with van der Waals surface area (Å²) in [5, 5.41) is 14.1. The van der Waals surface area contributed by atoms with Crippen LogP contribution < -0.4 is 10.6 Å². The number of aliphatic carboxylic acids is 1. The Labute approximate surface area is 188 Å². The van der Waals surface area contributed by atoms with Gasteiger partial charge >= 0.3 is 12.1 Å². The second kappa shape index (κ2) is 11.3. The number of hydrogen-bond donors (Lipinski definition) is 3. The summed E-state index contributed by atoms with van der Waals surface area (Å²) in [5.74, 6) is -1.28. The molecule has 32 heavy (non-hydrogen) atoms. The highest BCUT2D eigenvalue weighted by atomic mass is 16.5. The van der Waals surface area contributed by atoms with E-state index in [0.29, 0.717) is 6.42 Å². The first-order valence-corrected chi connectivity index (χ1v) is 11.1. The molecule has 0 bridgehead atoms. The third-order valence-corrected chi connectivity index (χ3v) is 5.66. The first-order chi connectivity index (χ1) is 15.5. The molecule has 0 unspecified atom stereocenters. The van der Waals surface area contributed by atoms with Crippen molar-refractivity contribution >= 4 is 18.0 Å². The Hall–Kier alpha value is -3.35. The fourth-order valence-electron chi connectivity index (χ4n) is 4.09. The minimum Gasteiger partial charge on any atom is -0.481 e. The molecule has 2 aromatic rings. The maximum Gasteiger partial charge on any atom is 0.407 e. The number of benzene rings is 2. The van der Waals surface area contributed by atoms with Crippen LogP contribution in [-0.4, -0.2) is 42.3 Å². The predicted molar refractivity (Wildman–Crippen MR) is 121 cm³/mol. The van der Waals surface area contributed by atoms with Gasteiger partial charge in [0.05, 0.1) is 6.42 Å². The quantitative estimate of drug-likeness (QED) is 0.491. The van der Waals surface area contributed by atoms with E-state index < -0.39 is 12.1 Å². The molecular weight excluding hydrogens is 408 g/mol. The van der Waals surface area contributed by atoms with E-state index in [0.717, 1.165) is 35.1 Å². The molecule has 7 nitrogen and oxygen atoms in total. The van der Waals surface area contributed by atoms with E-state index in [4.69, 9.17) is 9.84 Å². The summed E-state index contributed by atoms with van der Waals surface area (Å²) < 4.78 is 5.58. The van der Waals surface area contributed by atoms with Gasteiger partial charge < -0.3 is 20.5 Å². The molecule has 3 N–H and O–H groups in total. The molecule has 2 aromatic carbocycles. The number of alkyl carbamates (subject to hydrolysis) is 1. The van der Waals surface area contributed by atoms with Gasteiger partial charge in [-0.3, -0.25) is 9.59 Å². The fourth-order valence-corrected chi connectivity index (χ4v) is 4.09. The van der Waals surface area contributed by atoms with Gasteiger partial charge in [0.15, 0.2) is 0 Å². The zero-order valence-electron chi connectivity index (χ0n) is 18.3. The first-order valence-electron chi connectivity index (χ1n) is 11.1. The van der Waals surface area contributed by atoms with Crippen molar-refractivity contribution in [1.29, 1.82) is 0 Å². The second-order valence-electron chi connectivity index (χ2n) is 8.01. The van der Waals surface area contributed by atoms with Gasteiger partial charge in [0.2, 0.25) is 5.91 Å². The van der Waals surface area contributed by atoms with Gasteiger partial charge in [0.1, 0.15) is 6.61 Å². The summed E-state index contributed by atoms with van der Waals surface area (Å²) in [4.78, 5) is 35.3. The lowest BCUT2D eigenvalue weighted by atomic mass is 9.98. The summed E-state index contributed by atoms with van der Waals surface area (Å²) >= 11 is 0. The van der Waals surface area contributed by atoms with Crippen molar-refractivity contribution < 1.29 is 24.2 Å². The van der Waals surface area contributed by atoms with Crippen LogP contribution >= 0.6 is 0 Å². The lowest BCUT2D eigenvalue weighted by Crippen LogP contribution is -2.40. The number of fused-ring (bicyclic) bond motifs is 3. The second-order valence-corrected chi connectivity index (χ2v) is 8.01. The van der Waals surface area contributed by atoms with Gasteiger partial charge in [-0.2, -0.15) is 0 Å². The van der Waals surface area contributed by atoms with Crippen molar-refractivity contribution in [2.24, 2.45) is 0 Å². The minimum absolute atomic E-state index is 0.0263. The lowest BCUT2D eigenvalue weighted by Gasteiger charge is -2.20. The summed E-state index contributed by atoms with van der Waals surface area (Å²) in [5.41, 5.74) is 4.61. The summed E-state index contributed by atoms with van der Waals surface area (Å²) in [6.45, 7) is 2.32. The van der Waals surface area contributed by atoms with Crippen LogP contribution in [0.25, 0.3) is 11.1 Å². The zero-order chi connectivity index (χ0) is 22.9. The average molecular weight is 439 g/mol.